The molecule has 0 radical (unpaired) electrons. The van der Waals surface area contributed by atoms with Crippen molar-refractivity contribution in [1.82, 2.24) is 5.32 Å². The third kappa shape index (κ3) is 6.24. The van der Waals surface area contributed by atoms with E-state index in [2.05, 4.69) is 5.32 Å². The summed E-state index contributed by atoms with van der Waals surface area (Å²) < 4.78 is 5.15. The average molecular weight is 257 g/mol. The zero-order chi connectivity index (χ0) is 13.6. The Labute approximate surface area is 110 Å². The third-order valence-corrected chi connectivity index (χ3v) is 3.29. The van der Waals surface area contributed by atoms with Crippen LogP contribution in [0.2, 0.25) is 0 Å². The van der Waals surface area contributed by atoms with Gasteiger partial charge in [-0.05, 0) is 40.0 Å². The Morgan fingerprint density at radius 3 is 2.28 bits per heavy atom. The molecule has 0 aliphatic heterocycles. The highest BCUT2D eigenvalue weighted by Crippen LogP contribution is 2.29. The largest absolute Gasteiger partial charge is 0.444 e. The summed E-state index contributed by atoms with van der Waals surface area (Å²) in [5.41, 5.74) is -1.06. The number of carbonyl (C=O) groups is 1. The second-order valence-electron chi connectivity index (χ2n) is 6.32. The number of hydrogen-bond acceptors (Lipinski definition) is 3. The summed E-state index contributed by atoms with van der Waals surface area (Å²) in [5.74, 6) is 0. The van der Waals surface area contributed by atoms with Gasteiger partial charge in [0, 0.05) is 6.54 Å². The van der Waals surface area contributed by atoms with Gasteiger partial charge in [0.2, 0.25) is 0 Å². The minimum absolute atomic E-state index is 0.403. The molecule has 0 unspecified atom stereocenters. The smallest absolute Gasteiger partial charge is 0.407 e. The number of aliphatic hydroxyl groups is 1. The molecular weight excluding hydrogens is 230 g/mol. The van der Waals surface area contributed by atoms with Crippen molar-refractivity contribution in [3.63, 3.8) is 0 Å². The lowest BCUT2D eigenvalue weighted by Gasteiger charge is -2.27. The third-order valence-electron chi connectivity index (χ3n) is 3.29. The summed E-state index contributed by atoms with van der Waals surface area (Å²) in [5, 5.41) is 13.1. The van der Waals surface area contributed by atoms with Crippen LogP contribution < -0.4 is 5.32 Å². The van der Waals surface area contributed by atoms with Crippen LogP contribution in [-0.4, -0.2) is 28.9 Å². The molecule has 0 aromatic rings. The molecule has 0 atom stereocenters. The number of ether oxygens (including phenoxy) is 1. The Morgan fingerprint density at radius 1 is 1.22 bits per heavy atom. The second kappa shape index (κ2) is 6.41. The van der Waals surface area contributed by atoms with E-state index < -0.39 is 17.3 Å². The van der Waals surface area contributed by atoms with E-state index in [0.717, 1.165) is 25.7 Å². The van der Waals surface area contributed by atoms with Crippen molar-refractivity contribution < 1.29 is 14.6 Å². The number of amides is 1. The van der Waals surface area contributed by atoms with Gasteiger partial charge in [0.05, 0.1) is 5.60 Å². The molecule has 0 bridgehead atoms. The van der Waals surface area contributed by atoms with E-state index in [1.54, 1.807) is 0 Å². The number of nitrogens with one attached hydrogen (secondary N) is 1. The highest BCUT2D eigenvalue weighted by molar-refractivity contribution is 5.67. The molecule has 1 fully saturated rings. The molecule has 1 rings (SSSR count). The van der Waals surface area contributed by atoms with Gasteiger partial charge in [0.15, 0.2) is 0 Å². The Kier molecular flexibility index (Phi) is 5.45. The number of hydrogen-bond donors (Lipinski definition) is 2. The van der Waals surface area contributed by atoms with Gasteiger partial charge >= 0.3 is 6.09 Å². The van der Waals surface area contributed by atoms with Gasteiger partial charge in [0.1, 0.15) is 5.60 Å². The minimum Gasteiger partial charge on any atom is -0.444 e. The first-order valence-corrected chi connectivity index (χ1v) is 7.00. The molecule has 18 heavy (non-hydrogen) atoms. The summed E-state index contributed by atoms with van der Waals surface area (Å²) >= 11 is 0. The molecule has 2 N–H and O–H groups in total. The molecule has 0 aromatic carbocycles. The van der Waals surface area contributed by atoms with E-state index in [9.17, 15) is 9.90 Å². The molecule has 1 amide bonds. The van der Waals surface area contributed by atoms with E-state index in [-0.39, 0.29) is 0 Å². The Bertz CT molecular complexity index is 263. The summed E-state index contributed by atoms with van der Waals surface area (Å²) in [7, 11) is 0. The fourth-order valence-corrected chi connectivity index (χ4v) is 2.35. The molecule has 106 valence electrons. The molecule has 0 spiro atoms. The van der Waals surface area contributed by atoms with Crippen LogP contribution in [-0.2, 0) is 4.74 Å². The minimum atomic E-state index is -0.592. The van der Waals surface area contributed by atoms with Crippen molar-refractivity contribution in [1.29, 1.82) is 0 Å². The maximum atomic E-state index is 11.5. The fraction of sp³-hybridized carbons (Fsp3) is 0.929. The zero-order valence-corrected chi connectivity index (χ0v) is 11.9. The SMILES string of the molecule is CC(C)(C)OC(=O)NCCC1(O)CCCCCC1. The van der Waals surface area contributed by atoms with Crippen molar-refractivity contribution >= 4 is 6.09 Å². The standard InChI is InChI=1S/C14H27NO3/c1-13(2,3)18-12(16)15-11-10-14(17)8-6-4-5-7-9-14/h17H,4-11H2,1-3H3,(H,15,16). The van der Waals surface area contributed by atoms with Crippen molar-refractivity contribution in [2.75, 3.05) is 6.54 Å². The van der Waals surface area contributed by atoms with Crippen LogP contribution in [0.3, 0.4) is 0 Å². The number of carbonyl (C=O) groups excluding carboxylic acids is 1. The van der Waals surface area contributed by atoms with Gasteiger partial charge in [0.25, 0.3) is 0 Å². The van der Waals surface area contributed by atoms with Gasteiger partial charge in [-0.15, -0.1) is 0 Å². The molecule has 4 nitrogen and oxygen atoms in total. The van der Waals surface area contributed by atoms with Crippen LogP contribution in [0.1, 0.15) is 65.7 Å². The molecule has 1 saturated carbocycles. The van der Waals surface area contributed by atoms with Crippen LogP contribution >= 0.6 is 0 Å². The van der Waals surface area contributed by atoms with Crippen LogP contribution in [0.4, 0.5) is 4.79 Å². The van der Waals surface area contributed by atoms with Gasteiger partial charge in [-0.25, -0.2) is 4.79 Å². The van der Waals surface area contributed by atoms with Gasteiger partial charge in [-0.3, -0.25) is 0 Å². The Balaban J connectivity index is 2.25. The van der Waals surface area contributed by atoms with Crippen molar-refractivity contribution in [2.24, 2.45) is 0 Å². The van der Waals surface area contributed by atoms with Gasteiger partial charge in [-0.2, -0.15) is 0 Å². The first kappa shape index (κ1) is 15.3. The summed E-state index contributed by atoms with van der Waals surface area (Å²) in [6, 6.07) is 0. The normalized spacial score (nSPS) is 20.0. The Hall–Kier alpha value is -0.770. The first-order valence-electron chi connectivity index (χ1n) is 7.00. The lowest BCUT2D eigenvalue weighted by molar-refractivity contribution is 0.0147. The maximum Gasteiger partial charge on any atom is 0.407 e. The summed E-state index contributed by atoms with van der Waals surface area (Å²) in [6.45, 7) is 5.99. The number of alkyl carbamates (subject to hydrolysis) is 1. The van der Waals surface area contributed by atoms with E-state index in [4.69, 9.17) is 4.74 Å². The lowest BCUT2D eigenvalue weighted by atomic mass is 9.91. The highest BCUT2D eigenvalue weighted by atomic mass is 16.6. The lowest BCUT2D eigenvalue weighted by Crippen LogP contribution is -2.37. The van der Waals surface area contributed by atoms with Gasteiger partial charge in [-0.1, -0.05) is 25.7 Å². The van der Waals surface area contributed by atoms with Crippen LogP contribution in [0, 0.1) is 0 Å². The van der Waals surface area contributed by atoms with E-state index in [1.807, 2.05) is 20.8 Å². The monoisotopic (exact) mass is 257 g/mol. The zero-order valence-electron chi connectivity index (χ0n) is 11.9. The molecule has 0 aromatic heterocycles. The van der Waals surface area contributed by atoms with E-state index in [1.165, 1.54) is 12.8 Å². The van der Waals surface area contributed by atoms with Crippen LogP contribution in [0.25, 0.3) is 0 Å². The van der Waals surface area contributed by atoms with Crippen molar-refractivity contribution in [2.45, 2.75) is 76.9 Å². The molecular formula is C14H27NO3. The molecule has 0 heterocycles. The predicted molar refractivity (Wildman–Crippen MR) is 71.5 cm³/mol. The highest BCUT2D eigenvalue weighted by Gasteiger charge is 2.27. The first-order chi connectivity index (χ1) is 8.31. The quantitative estimate of drug-likeness (QED) is 0.764. The van der Waals surface area contributed by atoms with Crippen molar-refractivity contribution in [3.05, 3.63) is 0 Å². The molecule has 1 aliphatic rings. The Morgan fingerprint density at radius 2 is 1.78 bits per heavy atom. The predicted octanol–water partition coefficient (Wildman–Crippen LogP) is 2.99. The summed E-state index contributed by atoms with van der Waals surface area (Å²) in [4.78, 5) is 11.5. The van der Waals surface area contributed by atoms with E-state index in [0.29, 0.717) is 13.0 Å². The van der Waals surface area contributed by atoms with Gasteiger partial charge < -0.3 is 15.2 Å². The topological polar surface area (TPSA) is 58.6 Å². The summed E-state index contributed by atoms with van der Waals surface area (Å²) in [6.07, 6.45) is 6.51. The fourth-order valence-electron chi connectivity index (χ4n) is 2.35. The van der Waals surface area contributed by atoms with Crippen LogP contribution in [0.5, 0.6) is 0 Å². The van der Waals surface area contributed by atoms with Crippen molar-refractivity contribution in [3.8, 4) is 0 Å². The van der Waals surface area contributed by atoms with E-state index >= 15 is 0 Å². The molecule has 1 aliphatic carbocycles. The number of rotatable bonds is 3. The van der Waals surface area contributed by atoms with Crippen LogP contribution in [0.15, 0.2) is 0 Å². The maximum absolute atomic E-state index is 11.5. The average Bonchev–Trinajstić information content (AvgIpc) is 2.40. The molecule has 4 heteroatoms. The molecule has 0 saturated heterocycles. The second-order valence-corrected chi connectivity index (χ2v) is 6.32.